The van der Waals surface area contributed by atoms with Crippen molar-refractivity contribution in [3.63, 3.8) is 0 Å². The molecule has 164 valence electrons. The lowest BCUT2D eigenvalue weighted by molar-refractivity contribution is -0.145. The van der Waals surface area contributed by atoms with Gasteiger partial charge in [0, 0.05) is 18.5 Å². The highest BCUT2D eigenvalue weighted by Crippen LogP contribution is 2.43. The number of carbonyl (C=O) groups is 3. The molecule has 9 heteroatoms. The zero-order valence-corrected chi connectivity index (χ0v) is 18.9. The summed E-state index contributed by atoms with van der Waals surface area (Å²) in [5.41, 5.74) is -1.06. The van der Waals surface area contributed by atoms with E-state index < -0.39 is 44.4 Å². The second-order valence-corrected chi connectivity index (χ2v) is 13.9. The maximum absolute atomic E-state index is 12.3. The molecule has 0 saturated carbocycles. The van der Waals surface area contributed by atoms with Crippen molar-refractivity contribution in [2.24, 2.45) is 5.41 Å². The fourth-order valence-electron chi connectivity index (χ4n) is 3.13. The maximum atomic E-state index is 12.3. The Hall–Kier alpha value is -2.81. The highest BCUT2D eigenvalue weighted by atomic mass is 28.4. The van der Waals surface area contributed by atoms with E-state index in [1.54, 1.807) is 24.3 Å². The van der Waals surface area contributed by atoms with Crippen LogP contribution in [0.1, 0.15) is 32.8 Å². The number of hydrogen-bond acceptors (Lipinski definition) is 4. The molecule has 2 rings (SSSR count). The van der Waals surface area contributed by atoms with Crippen molar-refractivity contribution in [2.75, 3.05) is 6.54 Å². The molecule has 1 aromatic carbocycles. The van der Waals surface area contributed by atoms with Crippen molar-refractivity contribution in [3.8, 4) is 0 Å². The molecule has 1 aromatic rings. The van der Waals surface area contributed by atoms with E-state index in [1.807, 2.05) is 19.2 Å². The molecule has 1 amide bonds. The fraction of sp³-hybridized carbons (Fsp3) is 0.476. The highest BCUT2D eigenvalue weighted by Gasteiger charge is 2.53. The van der Waals surface area contributed by atoms with Crippen molar-refractivity contribution in [3.05, 3.63) is 42.0 Å². The summed E-state index contributed by atoms with van der Waals surface area (Å²) in [6.45, 7) is 9.74. The molecule has 8 nitrogen and oxygen atoms in total. The summed E-state index contributed by atoms with van der Waals surface area (Å²) in [4.78, 5) is 36.1. The number of likely N-dealkylation sites (tertiary alicyclic amines) is 1. The lowest BCUT2D eigenvalue weighted by Gasteiger charge is -2.38. The van der Waals surface area contributed by atoms with Gasteiger partial charge < -0.3 is 19.7 Å². The zero-order chi connectivity index (χ0) is 22.9. The third-order valence-corrected chi connectivity index (χ3v) is 10.3. The number of carboxylic acids is 2. The van der Waals surface area contributed by atoms with Crippen LogP contribution >= 0.6 is 0 Å². The minimum Gasteiger partial charge on any atom is -0.543 e. The Kier molecular flexibility index (Phi) is 6.36. The molecule has 3 N–H and O–H groups in total. The first-order chi connectivity index (χ1) is 13.7. The quantitative estimate of drug-likeness (QED) is 0.456. The normalized spacial score (nSPS) is 22.6. The molecule has 0 unspecified atom stereocenters. The number of nitrogens with zero attached hydrogens (tertiary/aromatic N) is 1. The van der Waals surface area contributed by atoms with Gasteiger partial charge in [0.15, 0.2) is 0 Å². The van der Waals surface area contributed by atoms with Gasteiger partial charge in [-0.1, -0.05) is 51.1 Å². The van der Waals surface area contributed by atoms with Crippen molar-refractivity contribution >= 4 is 32.1 Å². The average Bonchev–Trinajstić information content (AvgIpc) is 3.02. The predicted octanol–water partition coefficient (Wildman–Crippen LogP) is 3.96. The van der Waals surface area contributed by atoms with Gasteiger partial charge >= 0.3 is 18.0 Å². The van der Waals surface area contributed by atoms with Crippen LogP contribution in [0.15, 0.2) is 36.4 Å². The van der Waals surface area contributed by atoms with Gasteiger partial charge in [-0.3, -0.25) is 9.69 Å². The molecular weight excluding hydrogens is 406 g/mol. The van der Waals surface area contributed by atoms with Gasteiger partial charge in [-0.15, -0.1) is 0 Å². The van der Waals surface area contributed by atoms with Crippen molar-refractivity contribution < 1.29 is 34.1 Å². The van der Waals surface area contributed by atoms with Gasteiger partial charge in [0.05, 0.1) is 0 Å². The summed E-state index contributed by atoms with van der Waals surface area (Å²) >= 11 is 0. The van der Waals surface area contributed by atoms with Crippen LogP contribution in [0.2, 0.25) is 18.1 Å². The summed E-state index contributed by atoms with van der Waals surface area (Å²) in [5, 5.41) is 28.7. The van der Waals surface area contributed by atoms with Crippen molar-refractivity contribution in [1.29, 1.82) is 0 Å². The molecular formula is C21H29NO7Si. The van der Waals surface area contributed by atoms with Crippen LogP contribution in [-0.2, 0) is 14.0 Å². The Bertz CT molecular complexity index is 836. The standard InChI is InChI=1S/C21H29NO7Si/c1-20(2,3)30(4,5)29-16(14-9-7-6-8-10-14)12-21(18(25)26)11-15(17(23)24)22(13-21)19(27)28/h6-10,12,15H,11,13H2,1-5H3,(H,23,24)(H,25,26)(H,27,28)/b16-12-/t15-,21+/m0/s1. The molecule has 1 aliphatic rings. The lowest BCUT2D eigenvalue weighted by atomic mass is 9.84. The third kappa shape index (κ3) is 4.67. The summed E-state index contributed by atoms with van der Waals surface area (Å²) in [6.07, 6.45) is -0.434. The Labute approximate surface area is 176 Å². The predicted molar refractivity (Wildman–Crippen MR) is 114 cm³/mol. The monoisotopic (exact) mass is 435 g/mol. The molecule has 0 radical (unpaired) electrons. The largest absolute Gasteiger partial charge is 0.543 e. The van der Waals surface area contributed by atoms with Gasteiger partial charge in [0.2, 0.25) is 8.32 Å². The van der Waals surface area contributed by atoms with Crippen LogP contribution in [0.3, 0.4) is 0 Å². The third-order valence-electron chi connectivity index (χ3n) is 5.98. The SMILES string of the molecule is CC(C)(C)[Si](C)(C)O/C(=C\[C@]1(C(=O)O)C[C@@H](C(=O)O)N(C(=O)O)C1)c1ccccc1. The molecule has 1 saturated heterocycles. The van der Waals surface area contributed by atoms with Crippen LogP contribution in [0.4, 0.5) is 4.79 Å². The Morgan fingerprint density at radius 3 is 2.10 bits per heavy atom. The van der Waals surface area contributed by atoms with Gasteiger partial charge in [0.25, 0.3) is 0 Å². The number of hydrogen-bond donors (Lipinski definition) is 3. The molecule has 0 spiro atoms. The van der Waals surface area contributed by atoms with E-state index in [9.17, 15) is 29.7 Å². The van der Waals surface area contributed by atoms with Gasteiger partial charge in [-0.05, 0) is 24.2 Å². The van der Waals surface area contributed by atoms with E-state index in [4.69, 9.17) is 4.43 Å². The summed E-state index contributed by atoms with van der Waals surface area (Å²) < 4.78 is 6.44. The smallest absolute Gasteiger partial charge is 0.408 e. The number of amides is 1. The molecule has 1 aliphatic heterocycles. The number of aliphatic carboxylic acids is 2. The lowest BCUT2D eigenvalue weighted by Crippen LogP contribution is -2.41. The van der Waals surface area contributed by atoms with E-state index in [0.717, 1.165) is 0 Å². The van der Waals surface area contributed by atoms with E-state index >= 15 is 0 Å². The maximum Gasteiger partial charge on any atom is 0.408 e. The topological polar surface area (TPSA) is 124 Å². The van der Waals surface area contributed by atoms with Gasteiger partial charge in [-0.25, -0.2) is 9.59 Å². The van der Waals surface area contributed by atoms with Crippen molar-refractivity contribution in [2.45, 2.75) is 51.4 Å². The molecule has 1 fully saturated rings. The van der Waals surface area contributed by atoms with E-state index in [2.05, 4.69) is 20.8 Å². The Morgan fingerprint density at radius 2 is 1.70 bits per heavy atom. The molecule has 2 atom stereocenters. The molecule has 0 aromatic heterocycles. The minimum atomic E-state index is -2.38. The van der Waals surface area contributed by atoms with Gasteiger partial charge in [-0.2, -0.15) is 0 Å². The van der Waals surface area contributed by atoms with E-state index in [0.29, 0.717) is 16.2 Å². The Morgan fingerprint density at radius 1 is 1.13 bits per heavy atom. The summed E-state index contributed by atoms with van der Waals surface area (Å²) in [5.74, 6) is -2.33. The Balaban J connectivity index is 2.62. The second kappa shape index (κ2) is 8.14. The number of benzene rings is 1. The van der Waals surface area contributed by atoms with Crippen LogP contribution < -0.4 is 0 Å². The minimum absolute atomic E-state index is 0.163. The fourth-order valence-corrected chi connectivity index (χ4v) is 4.16. The summed E-state index contributed by atoms with van der Waals surface area (Å²) in [7, 11) is -2.38. The first-order valence-electron chi connectivity index (χ1n) is 9.63. The highest BCUT2D eigenvalue weighted by molar-refractivity contribution is 6.74. The van der Waals surface area contributed by atoms with Crippen LogP contribution in [0.5, 0.6) is 0 Å². The van der Waals surface area contributed by atoms with Crippen molar-refractivity contribution in [1.82, 2.24) is 4.90 Å². The van der Waals surface area contributed by atoms with Crippen LogP contribution in [0, 0.1) is 5.41 Å². The van der Waals surface area contributed by atoms with E-state index in [1.165, 1.54) is 6.08 Å². The first-order valence-corrected chi connectivity index (χ1v) is 12.5. The van der Waals surface area contributed by atoms with Gasteiger partial charge in [0.1, 0.15) is 17.2 Å². The molecule has 1 heterocycles. The first kappa shape index (κ1) is 23.5. The van der Waals surface area contributed by atoms with E-state index in [-0.39, 0.29) is 11.5 Å². The summed E-state index contributed by atoms with van der Waals surface area (Å²) in [6, 6.07) is 7.54. The molecule has 0 bridgehead atoms. The molecule has 0 aliphatic carbocycles. The van der Waals surface area contributed by atoms with Crippen LogP contribution in [0.25, 0.3) is 5.76 Å². The average molecular weight is 436 g/mol. The second-order valence-electron chi connectivity index (χ2n) is 9.17. The number of carboxylic acid groups (broad SMARTS) is 3. The molecule has 30 heavy (non-hydrogen) atoms. The van der Waals surface area contributed by atoms with Crippen LogP contribution in [-0.4, -0.2) is 59.2 Å². The zero-order valence-electron chi connectivity index (χ0n) is 17.9. The number of rotatable bonds is 6.